The fourth-order valence-corrected chi connectivity index (χ4v) is 2.65. The van der Waals surface area contributed by atoms with Crippen LogP contribution in [0.1, 0.15) is 18.4 Å². The number of alkyl halides is 2. The van der Waals surface area contributed by atoms with Crippen molar-refractivity contribution in [3.05, 3.63) is 29.8 Å². The summed E-state index contributed by atoms with van der Waals surface area (Å²) in [5.74, 6) is -2.43. The highest BCUT2D eigenvalue weighted by molar-refractivity contribution is 7.99. The van der Waals surface area contributed by atoms with E-state index in [-0.39, 0.29) is 12.0 Å². The average Bonchev–Trinajstić information content (AvgIpc) is 2.93. The van der Waals surface area contributed by atoms with E-state index in [0.29, 0.717) is 29.8 Å². The zero-order chi connectivity index (χ0) is 14.5. The molecule has 0 unspecified atom stereocenters. The molecule has 0 aliphatic carbocycles. The molecule has 0 N–H and O–H groups in total. The average molecular weight is 301 g/mol. The maximum atomic E-state index is 12.2. The van der Waals surface area contributed by atoms with Crippen molar-refractivity contribution in [1.82, 2.24) is 4.90 Å². The number of amides is 1. The van der Waals surface area contributed by atoms with Crippen molar-refractivity contribution in [2.24, 2.45) is 0 Å². The second kappa shape index (κ2) is 7.04. The van der Waals surface area contributed by atoms with Crippen LogP contribution in [-0.4, -0.2) is 36.3 Å². The van der Waals surface area contributed by atoms with Crippen molar-refractivity contribution in [3.8, 4) is 0 Å². The Bertz CT molecular complexity index is 447. The maximum Gasteiger partial charge on any atom is 0.288 e. The van der Waals surface area contributed by atoms with Crippen molar-refractivity contribution < 1.29 is 18.3 Å². The van der Waals surface area contributed by atoms with Gasteiger partial charge in [-0.15, -0.1) is 0 Å². The zero-order valence-corrected chi connectivity index (χ0v) is 12.0. The van der Waals surface area contributed by atoms with E-state index in [0.717, 1.165) is 18.4 Å². The number of likely N-dealkylation sites (N-methyl/N-ethyl adjacent to an activating group) is 1. The van der Waals surface area contributed by atoms with Gasteiger partial charge in [0.2, 0.25) is 0 Å². The molecule has 1 saturated heterocycles. The first-order valence-electron chi connectivity index (χ1n) is 6.46. The molecule has 1 amide bonds. The van der Waals surface area contributed by atoms with Crippen LogP contribution < -0.4 is 0 Å². The molecule has 2 rings (SSSR count). The van der Waals surface area contributed by atoms with Crippen LogP contribution in [0.25, 0.3) is 0 Å². The second-order valence-corrected chi connectivity index (χ2v) is 5.78. The van der Waals surface area contributed by atoms with E-state index in [2.05, 4.69) is 0 Å². The Labute approximate surface area is 121 Å². The highest BCUT2D eigenvalue weighted by Gasteiger charge is 2.26. The Kier molecular flexibility index (Phi) is 5.37. The standard InChI is InChI=1S/C14H17F2NO2S/c1-17(13(18)12-3-2-8-19-12)9-10-4-6-11(7-5-10)20-14(15)16/h4-7,12,14H,2-3,8-9H2,1H3/t12-/m1/s1. The highest BCUT2D eigenvalue weighted by Crippen LogP contribution is 2.25. The molecule has 1 atom stereocenters. The van der Waals surface area contributed by atoms with Gasteiger partial charge in [0.05, 0.1) is 0 Å². The topological polar surface area (TPSA) is 29.5 Å². The molecular weight excluding hydrogens is 284 g/mol. The largest absolute Gasteiger partial charge is 0.368 e. The van der Waals surface area contributed by atoms with Gasteiger partial charge in [0, 0.05) is 25.1 Å². The Morgan fingerprint density at radius 2 is 2.15 bits per heavy atom. The van der Waals surface area contributed by atoms with E-state index in [1.807, 2.05) is 0 Å². The molecule has 0 saturated carbocycles. The monoisotopic (exact) mass is 301 g/mol. The van der Waals surface area contributed by atoms with Gasteiger partial charge in [-0.3, -0.25) is 4.79 Å². The van der Waals surface area contributed by atoms with Crippen LogP contribution in [0.5, 0.6) is 0 Å². The van der Waals surface area contributed by atoms with Crippen LogP contribution in [0.4, 0.5) is 8.78 Å². The lowest BCUT2D eigenvalue weighted by Crippen LogP contribution is -2.35. The summed E-state index contributed by atoms with van der Waals surface area (Å²) in [6.45, 7) is 1.10. The molecule has 1 aromatic carbocycles. The van der Waals surface area contributed by atoms with Crippen LogP contribution in [0.3, 0.4) is 0 Å². The number of hydrogen-bond donors (Lipinski definition) is 0. The third kappa shape index (κ3) is 4.18. The zero-order valence-electron chi connectivity index (χ0n) is 11.2. The van der Waals surface area contributed by atoms with Gasteiger partial charge in [0.25, 0.3) is 11.7 Å². The summed E-state index contributed by atoms with van der Waals surface area (Å²) in [4.78, 5) is 14.2. The van der Waals surface area contributed by atoms with Gasteiger partial charge in [-0.05, 0) is 30.5 Å². The van der Waals surface area contributed by atoms with Gasteiger partial charge in [-0.25, -0.2) is 0 Å². The van der Waals surface area contributed by atoms with Crippen molar-refractivity contribution in [1.29, 1.82) is 0 Å². The van der Waals surface area contributed by atoms with Gasteiger partial charge in [-0.2, -0.15) is 8.78 Å². The minimum atomic E-state index is -2.41. The number of carbonyl (C=O) groups is 1. The van der Waals surface area contributed by atoms with Gasteiger partial charge >= 0.3 is 0 Å². The number of hydrogen-bond acceptors (Lipinski definition) is 3. The predicted molar refractivity (Wildman–Crippen MR) is 73.8 cm³/mol. The molecule has 6 heteroatoms. The lowest BCUT2D eigenvalue weighted by Gasteiger charge is -2.20. The number of rotatable bonds is 5. The number of ether oxygens (including phenoxy) is 1. The van der Waals surface area contributed by atoms with Crippen LogP contribution in [-0.2, 0) is 16.1 Å². The normalized spacial score (nSPS) is 18.5. The van der Waals surface area contributed by atoms with E-state index < -0.39 is 5.76 Å². The van der Waals surface area contributed by atoms with Gasteiger partial charge in [0.1, 0.15) is 6.10 Å². The molecule has 1 aromatic rings. The smallest absolute Gasteiger partial charge is 0.288 e. The summed E-state index contributed by atoms with van der Waals surface area (Å²) < 4.78 is 29.8. The van der Waals surface area contributed by atoms with E-state index >= 15 is 0 Å². The Hall–Kier alpha value is -1.14. The van der Waals surface area contributed by atoms with E-state index in [9.17, 15) is 13.6 Å². The Morgan fingerprint density at radius 3 is 2.70 bits per heavy atom. The molecule has 3 nitrogen and oxygen atoms in total. The molecule has 0 spiro atoms. The summed E-state index contributed by atoms with van der Waals surface area (Å²) in [6, 6.07) is 6.83. The summed E-state index contributed by atoms with van der Waals surface area (Å²) in [5, 5.41) is 0. The summed E-state index contributed by atoms with van der Waals surface area (Å²) in [6.07, 6.45) is 1.37. The summed E-state index contributed by atoms with van der Waals surface area (Å²) >= 11 is 0.519. The lowest BCUT2D eigenvalue weighted by molar-refractivity contribution is -0.140. The van der Waals surface area contributed by atoms with Crippen LogP contribution in [0.15, 0.2) is 29.2 Å². The summed E-state index contributed by atoms with van der Waals surface area (Å²) in [7, 11) is 1.73. The molecule has 1 aliphatic rings. The fourth-order valence-electron chi connectivity index (χ4n) is 2.15. The third-order valence-corrected chi connectivity index (χ3v) is 3.87. The van der Waals surface area contributed by atoms with Crippen molar-refractivity contribution in [2.75, 3.05) is 13.7 Å². The van der Waals surface area contributed by atoms with E-state index in [1.165, 1.54) is 0 Å². The Morgan fingerprint density at radius 1 is 1.45 bits per heavy atom. The third-order valence-electron chi connectivity index (χ3n) is 3.15. The number of halogens is 2. The highest BCUT2D eigenvalue weighted by atomic mass is 32.2. The first kappa shape index (κ1) is 15.3. The van der Waals surface area contributed by atoms with Crippen LogP contribution >= 0.6 is 11.8 Å². The van der Waals surface area contributed by atoms with Gasteiger partial charge < -0.3 is 9.64 Å². The molecular formula is C14H17F2NO2S. The molecule has 110 valence electrons. The quantitative estimate of drug-likeness (QED) is 0.783. The van der Waals surface area contributed by atoms with Crippen LogP contribution in [0.2, 0.25) is 0 Å². The first-order chi connectivity index (χ1) is 9.56. The SMILES string of the molecule is CN(Cc1ccc(SC(F)F)cc1)C(=O)[C@H]1CCCO1. The predicted octanol–water partition coefficient (Wildman–Crippen LogP) is 3.14. The number of nitrogens with zero attached hydrogens (tertiary/aromatic N) is 1. The molecule has 0 aromatic heterocycles. The lowest BCUT2D eigenvalue weighted by atomic mass is 10.2. The number of thioether (sulfide) groups is 1. The number of carbonyl (C=O) groups excluding carboxylic acids is 1. The van der Waals surface area contributed by atoms with Gasteiger partial charge in [0.15, 0.2) is 0 Å². The van der Waals surface area contributed by atoms with Crippen molar-refractivity contribution in [3.63, 3.8) is 0 Å². The molecule has 0 radical (unpaired) electrons. The minimum absolute atomic E-state index is 0.0199. The van der Waals surface area contributed by atoms with E-state index in [1.54, 1.807) is 36.2 Å². The molecule has 1 aliphatic heterocycles. The van der Waals surface area contributed by atoms with E-state index in [4.69, 9.17) is 4.74 Å². The Balaban J connectivity index is 1.90. The molecule has 0 bridgehead atoms. The van der Waals surface area contributed by atoms with Crippen molar-refractivity contribution >= 4 is 17.7 Å². The molecule has 20 heavy (non-hydrogen) atoms. The second-order valence-electron chi connectivity index (χ2n) is 4.72. The minimum Gasteiger partial charge on any atom is -0.368 e. The van der Waals surface area contributed by atoms with Crippen LogP contribution in [0, 0.1) is 0 Å². The first-order valence-corrected chi connectivity index (χ1v) is 7.34. The fraction of sp³-hybridized carbons (Fsp3) is 0.500. The number of benzene rings is 1. The molecule has 1 heterocycles. The molecule has 1 fully saturated rings. The maximum absolute atomic E-state index is 12.2. The van der Waals surface area contributed by atoms with Crippen molar-refractivity contribution in [2.45, 2.75) is 36.1 Å². The van der Waals surface area contributed by atoms with Gasteiger partial charge in [-0.1, -0.05) is 23.9 Å². The summed E-state index contributed by atoms with van der Waals surface area (Å²) in [5.41, 5.74) is 0.914.